The molecule has 5 nitrogen and oxygen atoms in total. The third-order valence-corrected chi connectivity index (χ3v) is 5.59. The Morgan fingerprint density at radius 3 is 2.65 bits per heavy atom. The molecule has 0 amide bonds. The molecule has 0 bridgehead atoms. The molecule has 2 atom stereocenters. The number of nitrogens with two attached hydrogens (primary N) is 1. The number of sulfonamides is 1. The summed E-state index contributed by atoms with van der Waals surface area (Å²) < 4.78 is 26.3. The molecule has 4 N–H and O–H groups in total. The van der Waals surface area contributed by atoms with Gasteiger partial charge in [0.2, 0.25) is 10.0 Å². The Bertz CT molecular complexity index is 545. The zero-order valence-corrected chi connectivity index (χ0v) is 12.6. The van der Waals surface area contributed by atoms with Gasteiger partial charge in [0.25, 0.3) is 0 Å². The van der Waals surface area contributed by atoms with E-state index in [4.69, 9.17) is 5.73 Å². The molecule has 0 aliphatic heterocycles. The molecule has 0 radical (unpaired) electrons. The summed E-state index contributed by atoms with van der Waals surface area (Å²) in [5.41, 5.74) is 6.44. The van der Waals surface area contributed by atoms with Gasteiger partial charge in [0.1, 0.15) is 4.90 Å². The quantitative estimate of drug-likeness (QED) is 0.740. The molecular formula is C14H23N3O2S. The van der Waals surface area contributed by atoms with E-state index < -0.39 is 10.0 Å². The maximum absolute atomic E-state index is 12.0. The number of hydrogen-bond donors (Lipinski definition) is 3. The van der Waals surface area contributed by atoms with E-state index in [9.17, 15) is 8.42 Å². The standard InChI is InChI=1S/C14H23N3O2S/c1-16-20(18,19)14-8-3-2-7-13(14)17-10-12-6-4-5-11(12)9-15/h2-3,7-8,11-12,16-17H,4-6,9-10,15H2,1H3. The summed E-state index contributed by atoms with van der Waals surface area (Å²) in [5.74, 6) is 1.08. The van der Waals surface area contributed by atoms with Gasteiger partial charge in [0, 0.05) is 6.54 Å². The molecule has 1 aliphatic rings. The van der Waals surface area contributed by atoms with Gasteiger partial charge >= 0.3 is 0 Å². The van der Waals surface area contributed by atoms with Crippen molar-refractivity contribution in [1.29, 1.82) is 0 Å². The number of para-hydroxylation sites is 1. The molecule has 6 heteroatoms. The summed E-state index contributed by atoms with van der Waals surface area (Å²) >= 11 is 0. The van der Waals surface area contributed by atoms with Gasteiger partial charge in [-0.3, -0.25) is 0 Å². The number of hydrogen-bond acceptors (Lipinski definition) is 4. The number of rotatable bonds is 6. The van der Waals surface area contributed by atoms with Crippen LogP contribution in [0, 0.1) is 11.8 Å². The molecule has 2 unspecified atom stereocenters. The van der Waals surface area contributed by atoms with Crippen molar-refractivity contribution in [2.24, 2.45) is 17.6 Å². The maximum Gasteiger partial charge on any atom is 0.242 e. The Kier molecular flexibility index (Phi) is 5.01. The average Bonchev–Trinajstić information content (AvgIpc) is 2.93. The molecule has 112 valence electrons. The van der Waals surface area contributed by atoms with E-state index in [2.05, 4.69) is 10.0 Å². The Hall–Kier alpha value is -1.11. The molecule has 0 heterocycles. The minimum Gasteiger partial charge on any atom is -0.384 e. The van der Waals surface area contributed by atoms with Crippen LogP contribution in [-0.4, -0.2) is 28.6 Å². The lowest BCUT2D eigenvalue weighted by Crippen LogP contribution is -2.25. The van der Waals surface area contributed by atoms with Crippen LogP contribution in [-0.2, 0) is 10.0 Å². The second-order valence-corrected chi connectivity index (χ2v) is 7.13. The van der Waals surface area contributed by atoms with Crippen LogP contribution in [0.5, 0.6) is 0 Å². The first-order valence-electron chi connectivity index (χ1n) is 7.05. The third kappa shape index (κ3) is 3.31. The van der Waals surface area contributed by atoms with Crippen LogP contribution in [0.2, 0.25) is 0 Å². The molecule has 0 spiro atoms. The fourth-order valence-corrected chi connectivity index (χ4v) is 3.80. The molecule has 0 aromatic heterocycles. The first-order chi connectivity index (χ1) is 9.58. The molecule has 1 saturated carbocycles. The van der Waals surface area contributed by atoms with Gasteiger partial charge in [0.15, 0.2) is 0 Å². The summed E-state index contributed by atoms with van der Waals surface area (Å²) in [4.78, 5) is 0.296. The summed E-state index contributed by atoms with van der Waals surface area (Å²) in [5, 5.41) is 3.29. The summed E-state index contributed by atoms with van der Waals surface area (Å²) in [7, 11) is -2.01. The summed E-state index contributed by atoms with van der Waals surface area (Å²) in [6.45, 7) is 1.49. The van der Waals surface area contributed by atoms with Crippen molar-refractivity contribution in [2.75, 3.05) is 25.5 Å². The lowest BCUT2D eigenvalue weighted by molar-refractivity contribution is 0.414. The van der Waals surface area contributed by atoms with Gasteiger partial charge in [-0.1, -0.05) is 18.6 Å². The van der Waals surface area contributed by atoms with Gasteiger partial charge in [-0.2, -0.15) is 0 Å². The van der Waals surface area contributed by atoms with Gasteiger partial charge in [-0.25, -0.2) is 13.1 Å². The topological polar surface area (TPSA) is 84.2 Å². The first-order valence-corrected chi connectivity index (χ1v) is 8.53. The lowest BCUT2D eigenvalue weighted by Gasteiger charge is -2.20. The first kappa shape index (κ1) is 15.3. The van der Waals surface area contributed by atoms with Crippen molar-refractivity contribution in [3.63, 3.8) is 0 Å². The SMILES string of the molecule is CNS(=O)(=O)c1ccccc1NCC1CCCC1CN. The second-order valence-electron chi connectivity index (χ2n) is 5.27. The molecule has 1 aliphatic carbocycles. The van der Waals surface area contributed by atoms with E-state index in [1.54, 1.807) is 18.2 Å². The molecule has 1 fully saturated rings. The molecule has 1 aromatic rings. The van der Waals surface area contributed by atoms with Gasteiger partial charge < -0.3 is 11.1 Å². The van der Waals surface area contributed by atoms with Crippen molar-refractivity contribution < 1.29 is 8.42 Å². The van der Waals surface area contributed by atoms with Gasteiger partial charge in [-0.05, 0) is 50.4 Å². The Morgan fingerprint density at radius 1 is 1.25 bits per heavy atom. The molecule has 0 saturated heterocycles. The molecule has 1 aromatic carbocycles. The Morgan fingerprint density at radius 2 is 1.95 bits per heavy atom. The van der Waals surface area contributed by atoms with E-state index in [0.717, 1.165) is 13.0 Å². The highest BCUT2D eigenvalue weighted by Crippen LogP contribution is 2.31. The van der Waals surface area contributed by atoms with Crippen LogP contribution >= 0.6 is 0 Å². The van der Waals surface area contributed by atoms with Crippen LogP contribution in [0.1, 0.15) is 19.3 Å². The highest BCUT2D eigenvalue weighted by atomic mass is 32.2. The van der Waals surface area contributed by atoms with E-state index in [0.29, 0.717) is 29.0 Å². The lowest BCUT2D eigenvalue weighted by atomic mass is 9.96. The van der Waals surface area contributed by atoms with Crippen LogP contribution in [0.15, 0.2) is 29.2 Å². The van der Waals surface area contributed by atoms with Crippen LogP contribution < -0.4 is 15.8 Å². The summed E-state index contributed by atoms with van der Waals surface area (Å²) in [6.07, 6.45) is 3.56. The van der Waals surface area contributed by atoms with Crippen molar-refractivity contribution >= 4 is 15.7 Å². The average molecular weight is 297 g/mol. The second kappa shape index (κ2) is 6.56. The summed E-state index contributed by atoms with van der Waals surface area (Å²) in [6, 6.07) is 6.99. The molecule has 20 heavy (non-hydrogen) atoms. The zero-order chi connectivity index (χ0) is 14.6. The predicted molar refractivity (Wildman–Crippen MR) is 81.1 cm³/mol. The minimum absolute atomic E-state index is 0.296. The van der Waals surface area contributed by atoms with Crippen LogP contribution in [0.3, 0.4) is 0 Å². The minimum atomic E-state index is -3.43. The smallest absolute Gasteiger partial charge is 0.242 e. The molecule has 2 rings (SSSR count). The fraction of sp³-hybridized carbons (Fsp3) is 0.571. The largest absolute Gasteiger partial charge is 0.384 e. The van der Waals surface area contributed by atoms with Crippen LogP contribution in [0.4, 0.5) is 5.69 Å². The number of nitrogens with one attached hydrogen (secondary N) is 2. The number of anilines is 1. The van der Waals surface area contributed by atoms with Crippen molar-refractivity contribution in [3.05, 3.63) is 24.3 Å². The van der Waals surface area contributed by atoms with Crippen molar-refractivity contribution in [3.8, 4) is 0 Å². The number of benzene rings is 1. The van der Waals surface area contributed by atoms with E-state index in [1.165, 1.54) is 19.9 Å². The van der Waals surface area contributed by atoms with E-state index >= 15 is 0 Å². The Balaban J connectivity index is 2.10. The van der Waals surface area contributed by atoms with Gasteiger partial charge in [-0.15, -0.1) is 0 Å². The van der Waals surface area contributed by atoms with E-state index in [1.807, 2.05) is 6.07 Å². The van der Waals surface area contributed by atoms with Crippen molar-refractivity contribution in [2.45, 2.75) is 24.2 Å². The predicted octanol–water partition coefficient (Wildman–Crippen LogP) is 1.38. The monoisotopic (exact) mass is 297 g/mol. The third-order valence-electron chi connectivity index (χ3n) is 4.12. The highest BCUT2D eigenvalue weighted by Gasteiger charge is 2.26. The maximum atomic E-state index is 12.0. The van der Waals surface area contributed by atoms with Crippen molar-refractivity contribution in [1.82, 2.24) is 4.72 Å². The normalized spacial score (nSPS) is 22.9. The fourth-order valence-electron chi connectivity index (χ4n) is 2.89. The van der Waals surface area contributed by atoms with E-state index in [-0.39, 0.29) is 0 Å². The Labute approximate surface area is 121 Å². The zero-order valence-electron chi connectivity index (χ0n) is 11.8. The van der Waals surface area contributed by atoms with Gasteiger partial charge in [0.05, 0.1) is 5.69 Å². The highest BCUT2D eigenvalue weighted by molar-refractivity contribution is 7.89. The molecular weight excluding hydrogens is 274 g/mol. The van der Waals surface area contributed by atoms with Crippen LogP contribution in [0.25, 0.3) is 0 Å².